The summed E-state index contributed by atoms with van der Waals surface area (Å²) >= 11 is 0. The van der Waals surface area contributed by atoms with Crippen LogP contribution in [0.1, 0.15) is 71.3 Å². The van der Waals surface area contributed by atoms with Crippen molar-refractivity contribution in [2.75, 3.05) is 38.3 Å². The van der Waals surface area contributed by atoms with Crippen LogP contribution in [0.3, 0.4) is 0 Å². The van der Waals surface area contributed by atoms with Crippen molar-refractivity contribution >= 4 is 45.7 Å². The molecule has 14 heteroatoms. The van der Waals surface area contributed by atoms with Gasteiger partial charge in [0.05, 0.1) is 17.6 Å². The number of aliphatic hydroxyl groups excluding tert-OH is 1. The summed E-state index contributed by atoms with van der Waals surface area (Å²) in [6.45, 7) is 13.8. The molecule has 0 saturated carbocycles. The lowest BCUT2D eigenvalue weighted by Crippen LogP contribution is -2.33. The van der Waals surface area contributed by atoms with Crippen LogP contribution < -0.4 is 10.6 Å². The number of anilines is 1. The number of rotatable bonds is 4. The van der Waals surface area contributed by atoms with E-state index in [2.05, 4.69) is 21.9 Å². The minimum Gasteiger partial charge on any atom is -0.450 e. The second-order valence-electron chi connectivity index (χ2n) is 11.7. The predicted octanol–water partition coefficient (Wildman–Crippen LogP) is 7.65. The number of carbonyl (C=O) groups is 1. The van der Waals surface area contributed by atoms with Crippen molar-refractivity contribution in [1.29, 1.82) is 0 Å². The summed E-state index contributed by atoms with van der Waals surface area (Å²) in [6, 6.07) is 11.7. The van der Waals surface area contributed by atoms with Crippen molar-refractivity contribution in [3.05, 3.63) is 64.3 Å². The Morgan fingerprint density at radius 2 is 1.76 bits per heavy atom. The molecule has 3 aromatic heterocycles. The van der Waals surface area contributed by atoms with Gasteiger partial charge in [-0.1, -0.05) is 45.9 Å². The molecule has 5 heterocycles. The van der Waals surface area contributed by atoms with Crippen LogP contribution in [0.2, 0.25) is 0 Å². The van der Waals surface area contributed by atoms with Gasteiger partial charge in [-0.3, -0.25) is 4.57 Å². The smallest absolute Gasteiger partial charge is 0.326 e. The first kappa shape index (κ1) is 39.1. The summed E-state index contributed by atoms with van der Waals surface area (Å²) in [5, 5.41) is 7.75. The van der Waals surface area contributed by atoms with Gasteiger partial charge in [0, 0.05) is 56.6 Å². The minimum atomic E-state index is -2.92. The van der Waals surface area contributed by atoms with Crippen LogP contribution in [-0.2, 0) is 15.5 Å². The lowest BCUT2D eigenvalue weighted by molar-refractivity contribution is -0.0980. The van der Waals surface area contributed by atoms with Crippen LogP contribution in [0.5, 0.6) is 0 Å². The molecule has 5 aromatic rings. The number of benzene rings is 2. The molecule has 0 aliphatic carbocycles. The standard InChI is InChI=1S/C16H15F2N3O.C15H18F2N2O2.C2H6.CH4O.CH2O/c1-9-6-7-21(8-9)16-13-12(19-15(20-16)14(17)18)10-4-2-3-5-11(10)22-13;1-9-8-21-6-5-12(9)19-13-4-3-10(15(2,16)17)7-11(13)18-14(19)20;3*1-2/h2-5,9,14H,6-8H2,1H3;3-4,7,9,12H,5-6,8H2,1-2H3,(H,18,20);1-2H3;2H,1H3;1H2/t;9?,12-;;;/m.1.../s1. The number of hydrogen-bond donors (Lipinski definition) is 2. The summed E-state index contributed by atoms with van der Waals surface area (Å²) in [7, 11) is 1.00. The van der Waals surface area contributed by atoms with E-state index < -0.39 is 18.2 Å². The minimum absolute atomic E-state index is 0.0352. The molecule has 2 saturated heterocycles. The third kappa shape index (κ3) is 8.66. The van der Waals surface area contributed by atoms with Gasteiger partial charge >= 0.3 is 5.69 Å². The van der Waals surface area contributed by atoms with Crippen molar-refractivity contribution < 1.29 is 36.6 Å². The number of aliphatic hydroxyl groups is 1. The van der Waals surface area contributed by atoms with Crippen molar-refractivity contribution in [2.45, 2.75) is 65.9 Å². The molecular weight excluding hydrogens is 646 g/mol. The summed E-state index contributed by atoms with van der Waals surface area (Å²) in [6.07, 6.45) is -0.924. The highest BCUT2D eigenvalue weighted by atomic mass is 19.3. The Morgan fingerprint density at radius 1 is 1.06 bits per heavy atom. The molecule has 10 nitrogen and oxygen atoms in total. The fraction of sp³-hybridized carbons (Fsp3) is 0.486. The number of halogens is 4. The van der Waals surface area contributed by atoms with Gasteiger partial charge in [-0.05, 0) is 43.0 Å². The molecule has 2 aromatic carbocycles. The maximum Gasteiger partial charge on any atom is 0.326 e. The van der Waals surface area contributed by atoms with E-state index in [1.54, 1.807) is 10.6 Å². The number of nitrogens with one attached hydrogen (secondary N) is 1. The molecule has 268 valence electrons. The quantitative estimate of drug-likeness (QED) is 0.184. The Morgan fingerprint density at radius 3 is 2.37 bits per heavy atom. The Bertz CT molecular complexity index is 1850. The fourth-order valence-corrected chi connectivity index (χ4v) is 6.02. The highest BCUT2D eigenvalue weighted by Gasteiger charge is 2.29. The number of aromatic nitrogens is 4. The fourth-order valence-electron chi connectivity index (χ4n) is 6.02. The van der Waals surface area contributed by atoms with E-state index in [9.17, 15) is 22.4 Å². The molecule has 3 atom stereocenters. The Hall–Kier alpha value is -4.30. The maximum absolute atomic E-state index is 13.4. The zero-order chi connectivity index (χ0) is 36.5. The summed E-state index contributed by atoms with van der Waals surface area (Å²) in [5.41, 5.74) is 2.40. The van der Waals surface area contributed by atoms with Crippen LogP contribution in [0.25, 0.3) is 33.1 Å². The number of alkyl halides is 4. The monoisotopic (exact) mass is 691 g/mol. The van der Waals surface area contributed by atoms with E-state index in [0.29, 0.717) is 52.7 Å². The van der Waals surface area contributed by atoms with Crippen molar-refractivity contribution in [2.24, 2.45) is 11.8 Å². The second-order valence-corrected chi connectivity index (χ2v) is 11.7. The molecule has 0 spiro atoms. The van der Waals surface area contributed by atoms with E-state index in [0.717, 1.165) is 45.4 Å². The highest BCUT2D eigenvalue weighted by Crippen LogP contribution is 2.36. The van der Waals surface area contributed by atoms with Crippen LogP contribution in [-0.4, -0.2) is 64.8 Å². The Balaban J connectivity index is 0.000000231. The lowest BCUT2D eigenvalue weighted by atomic mass is 9.97. The van der Waals surface area contributed by atoms with Crippen LogP contribution in [0.15, 0.2) is 51.7 Å². The molecule has 0 radical (unpaired) electrons. The number of H-pyrrole nitrogens is 1. The number of hydrogen-bond acceptors (Lipinski definition) is 8. The van der Waals surface area contributed by atoms with Crippen molar-refractivity contribution in [1.82, 2.24) is 19.5 Å². The number of aromatic amines is 1. The summed E-state index contributed by atoms with van der Waals surface area (Å²) in [5.74, 6) is -2.14. The van der Waals surface area contributed by atoms with Gasteiger partial charge in [0.25, 0.3) is 12.3 Å². The SMILES string of the molecule is C=O.CC.CC1CCN(c2nc(C(F)F)nc3c2oc2ccccc23)C1.CC1COCC[C@H]1n1c(=O)[nH]c2cc(C(C)(F)F)ccc21.CO. The van der Waals surface area contributed by atoms with Crippen LogP contribution >= 0.6 is 0 Å². The zero-order valence-corrected chi connectivity index (χ0v) is 28.7. The highest BCUT2D eigenvalue weighted by molar-refractivity contribution is 6.05. The van der Waals surface area contributed by atoms with Gasteiger partial charge in [-0.2, -0.15) is 0 Å². The van der Waals surface area contributed by atoms with Crippen LogP contribution in [0.4, 0.5) is 23.4 Å². The number of nitrogens with zero attached hydrogens (tertiary/aromatic N) is 4. The van der Waals surface area contributed by atoms with Gasteiger partial charge in [0.2, 0.25) is 0 Å². The zero-order valence-electron chi connectivity index (χ0n) is 28.7. The molecular formula is C35H45F4N5O5. The predicted molar refractivity (Wildman–Crippen MR) is 183 cm³/mol. The molecule has 2 fully saturated rings. The molecule has 7 rings (SSSR count). The van der Waals surface area contributed by atoms with Crippen molar-refractivity contribution in [3.8, 4) is 0 Å². The Kier molecular flexibility index (Phi) is 13.9. The average Bonchev–Trinajstić information content (AvgIpc) is 3.81. The molecule has 2 N–H and O–H groups in total. The number of para-hydroxylation sites is 1. The summed E-state index contributed by atoms with van der Waals surface area (Å²) < 4.78 is 66.1. The summed E-state index contributed by atoms with van der Waals surface area (Å²) in [4.78, 5) is 33.0. The average molecular weight is 692 g/mol. The van der Waals surface area contributed by atoms with Gasteiger partial charge in [-0.25, -0.2) is 32.3 Å². The molecule has 2 aliphatic heterocycles. The first-order valence-corrected chi connectivity index (χ1v) is 16.2. The third-order valence-corrected chi connectivity index (χ3v) is 8.29. The van der Waals surface area contributed by atoms with E-state index in [-0.39, 0.29) is 23.2 Å². The number of carbonyl (C=O) groups excluding carboxylic acids is 1. The largest absolute Gasteiger partial charge is 0.450 e. The topological polar surface area (TPSA) is 126 Å². The molecule has 0 bridgehead atoms. The van der Waals surface area contributed by atoms with Gasteiger partial charge in [-0.15, -0.1) is 0 Å². The van der Waals surface area contributed by atoms with E-state index in [4.69, 9.17) is 19.1 Å². The first-order chi connectivity index (χ1) is 23.5. The maximum atomic E-state index is 13.4. The van der Waals surface area contributed by atoms with E-state index in [1.165, 1.54) is 12.1 Å². The molecule has 0 amide bonds. The Labute approximate surface area is 282 Å². The third-order valence-electron chi connectivity index (χ3n) is 8.29. The second kappa shape index (κ2) is 17.4. The number of furan rings is 1. The molecule has 2 unspecified atom stereocenters. The molecule has 2 aliphatic rings. The number of imidazole rings is 1. The van der Waals surface area contributed by atoms with E-state index >= 15 is 0 Å². The first-order valence-electron chi connectivity index (χ1n) is 16.2. The van der Waals surface area contributed by atoms with Gasteiger partial charge < -0.3 is 28.9 Å². The van der Waals surface area contributed by atoms with Crippen molar-refractivity contribution in [3.63, 3.8) is 0 Å². The van der Waals surface area contributed by atoms with Gasteiger partial charge in [0.1, 0.15) is 17.9 Å². The number of fused-ring (bicyclic) bond motifs is 4. The number of ether oxygens (including phenoxy) is 1. The van der Waals surface area contributed by atoms with E-state index in [1.807, 2.05) is 56.7 Å². The van der Waals surface area contributed by atoms with Gasteiger partial charge in [0.15, 0.2) is 17.2 Å². The lowest BCUT2D eigenvalue weighted by Gasteiger charge is -2.29. The molecule has 49 heavy (non-hydrogen) atoms. The normalized spacial score (nSPS) is 18.9. The van der Waals surface area contributed by atoms with Crippen LogP contribution in [0, 0.1) is 11.8 Å².